The zero-order valence-electron chi connectivity index (χ0n) is 15.6. The smallest absolute Gasteiger partial charge is 0.255 e. The Morgan fingerprint density at radius 3 is 2.89 bits per heavy atom. The second-order valence-corrected chi connectivity index (χ2v) is 7.67. The van der Waals surface area contributed by atoms with Crippen LogP contribution in [0, 0.1) is 5.92 Å². The van der Waals surface area contributed by atoms with Crippen LogP contribution in [0.2, 0.25) is 5.02 Å². The molecule has 0 bridgehead atoms. The molecule has 140 valence electrons. The lowest BCUT2D eigenvalue weighted by Gasteiger charge is -2.25. The van der Waals surface area contributed by atoms with Crippen LogP contribution in [0.15, 0.2) is 42.7 Å². The molecule has 0 saturated heterocycles. The van der Waals surface area contributed by atoms with Gasteiger partial charge in [-0.3, -0.25) is 4.79 Å². The number of halogens is 1. The van der Waals surface area contributed by atoms with E-state index in [-0.39, 0.29) is 5.91 Å². The molecule has 1 aromatic carbocycles. The molecule has 0 radical (unpaired) electrons. The third-order valence-electron chi connectivity index (χ3n) is 5.42. The van der Waals surface area contributed by atoms with Crippen molar-refractivity contribution in [3.05, 3.63) is 53.3 Å². The lowest BCUT2D eigenvalue weighted by Crippen LogP contribution is -2.32. The number of nitrogens with one attached hydrogen (secondary N) is 1. The Balaban J connectivity index is 1.69. The van der Waals surface area contributed by atoms with Crippen molar-refractivity contribution in [2.45, 2.75) is 19.3 Å². The zero-order valence-corrected chi connectivity index (χ0v) is 16.3. The number of carbonyl (C=O) groups is 1. The minimum absolute atomic E-state index is 0.0573. The van der Waals surface area contributed by atoms with Gasteiger partial charge in [0.1, 0.15) is 5.82 Å². The summed E-state index contributed by atoms with van der Waals surface area (Å²) in [5, 5.41) is 4.69. The lowest BCUT2D eigenvalue weighted by molar-refractivity contribution is 0.0940. The Kier molecular flexibility index (Phi) is 4.79. The van der Waals surface area contributed by atoms with Crippen LogP contribution in [-0.4, -0.2) is 29.1 Å². The number of hydrogen-bond acceptors (Lipinski definition) is 3. The molecule has 1 aliphatic carbocycles. The summed E-state index contributed by atoms with van der Waals surface area (Å²) in [5.74, 6) is 1.36. The number of rotatable bonds is 5. The van der Waals surface area contributed by atoms with Crippen LogP contribution in [-0.2, 0) is 7.05 Å². The predicted molar refractivity (Wildman–Crippen MR) is 110 cm³/mol. The van der Waals surface area contributed by atoms with Crippen molar-refractivity contribution in [3.8, 4) is 0 Å². The topological polar surface area (TPSA) is 50.2 Å². The van der Waals surface area contributed by atoms with Gasteiger partial charge in [0.15, 0.2) is 0 Å². The molecule has 27 heavy (non-hydrogen) atoms. The summed E-state index contributed by atoms with van der Waals surface area (Å²) in [5.41, 5.74) is 2.45. The van der Waals surface area contributed by atoms with Gasteiger partial charge in [-0.1, -0.05) is 24.1 Å². The molecule has 6 heteroatoms. The standard InChI is InChI=1S/C21H23ClN4O/c1-25-10-9-17-19(25)18(21(27)24-12-14-5-3-6-14)13-23-20(17)26(2)16-8-4-7-15(22)11-16/h4,7-11,13-14H,3,5-6,12H2,1-2H3,(H,24,27). The van der Waals surface area contributed by atoms with E-state index >= 15 is 0 Å². The summed E-state index contributed by atoms with van der Waals surface area (Å²) >= 11 is 6.14. The second-order valence-electron chi connectivity index (χ2n) is 7.23. The Hall–Kier alpha value is -2.53. The number of hydrogen-bond donors (Lipinski definition) is 1. The number of carbonyl (C=O) groups excluding carboxylic acids is 1. The summed E-state index contributed by atoms with van der Waals surface area (Å²) in [4.78, 5) is 19.4. The van der Waals surface area contributed by atoms with Gasteiger partial charge in [-0.05, 0) is 43.0 Å². The molecule has 0 unspecified atom stereocenters. The maximum absolute atomic E-state index is 12.8. The fourth-order valence-corrected chi connectivity index (χ4v) is 3.76. The molecule has 4 rings (SSSR count). The summed E-state index contributed by atoms with van der Waals surface area (Å²) in [7, 11) is 3.91. The fourth-order valence-electron chi connectivity index (χ4n) is 3.57. The average Bonchev–Trinajstić information content (AvgIpc) is 3.01. The van der Waals surface area contributed by atoms with Crippen LogP contribution < -0.4 is 10.2 Å². The van der Waals surface area contributed by atoms with E-state index in [0.29, 0.717) is 16.5 Å². The zero-order chi connectivity index (χ0) is 19.0. The van der Waals surface area contributed by atoms with Crippen LogP contribution in [0.5, 0.6) is 0 Å². The fraction of sp³-hybridized carbons (Fsp3) is 0.333. The second kappa shape index (κ2) is 7.24. The first-order valence-corrected chi connectivity index (χ1v) is 9.64. The highest BCUT2D eigenvalue weighted by atomic mass is 35.5. The number of nitrogens with zero attached hydrogens (tertiary/aromatic N) is 3. The molecule has 0 spiro atoms. The molecule has 0 aliphatic heterocycles. The van der Waals surface area contributed by atoms with Crippen LogP contribution in [0.3, 0.4) is 0 Å². The van der Waals surface area contributed by atoms with E-state index in [1.54, 1.807) is 6.20 Å². The predicted octanol–water partition coefficient (Wildman–Crippen LogP) is 4.52. The number of fused-ring (bicyclic) bond motifs is 1. The number of benzene rings is 1. The molecule has 1 saturated carbocycles. The highest BCUT2D eigenvalue weighted by Crippen LogP contribution is 2.32. The Labute approximate surface area is 163 Å². The van der Waals surface area contributed by atoms with E-state index in [1.165, 1.54) is 19.3 Å². The van der Waals surface area contributed by atoms with Crippen LogP contribution in [0.4, 0.5) is 11.5 Å². The minimum atomic E-state index is -0.0573. The molecule has 1 aliphatic rings. The maximum Gasteiger partial charge on any atom is 0.255 e. The van der Waals surface area contributed by atoms with Crippen LogP contribution in [0.1, 0.15) is 29.6 Å². The molecule has 2 aromatic heterocycles. The first kappa shape index (κ1) is 17.9. The molecule has 1 N–H and O–H groups in total. The van der Waals surface area contributed by atoms with E-state index < -0.39 is 0 Å². The van der Waals surface area contributed by atoms with Gasteiger partial charge in [0.05, 0.1) is 11.1 Å². The maximum atomic E-state index is 12.8. The molecule has 2 heterocycles. The number of amides is 1. The van der Waals surface area contributed by atoms with E-state index in [4.69, 9.17) is 11.6 Å². The van der Waals surface area contributed by atoms with E-state index in [1.807, 2.05) is 60.1 Å². The number of aryl methyl sites for hydroxylation is 1. The molecule has 0 atom stereocenters. The third kappa shape index (κ3) is 3.39. The van der Waals surface area contributed by atoms with Crippen molar-refractivity contribution in [2.75, 3.05) is 18.5 Å². The average molecular weight is 383 g/mol. The Morgan fingerprint density at radius 2 is 2.19 bits per heavy atom. The molecule has 3 aromatic rings. The number of anilines is 2. The van der Waals surface area contributed by atoms with E-state index in [2.05, 4.69) is 10.3 Å². The lowest BCUT2D eigenvalue weighted by atomic mass is 9.85. The molecule has 1 fully saturated rings. The van der Waals surface area contributed by atoms with Crippen molar-refractivity contribution in [2.24, 2.45) is 13.0 Å². The van der Waals surface area contributed by atoms with E-state index in [0.717, 1.165) is 29.0 Å². The van der Waals surface area contributed by atoms with Crippen molar-refractivity contribution in [1.82, 2.24) is 14.9 Å². The normalized spacial score (nSPS) is 14.2. The van der Waals surface area contributed by atoms with Gasteiger partial charge >= 0.3 is 0 Å². The summed E-state index contributed by atoms with van der Waals surface area (Å²) in [6.45, 7) is 0.745. The molecule has 5 nitrogen and oxygen atoms in total. The minimum Gasteiger partial charge on any atom is -0.352 e. The Bertz CT molecular complexity index is 993. The van der Waals surface area contributed by atoms with Crippen molar-refractivity contribution in [3.63, 3.8) is 0 Å². The number of aromatic nitrogens is 2. The van der Waals surface area contributed by atoms with Gasteiger partial charge in [-0.2, -0.15) is 0 Å². The summed E-state index contributed by atoms with van der Waals surface area (Å²) in [6.07, 6.45) is 7.33. The van der Waals surface area contributed by atoms with Gasteiger partial charge in [0, 0.05) is 49.1 Å². The molecule has 1 amide bonds. The monoisotopic (exact) mass is 382 g/mol. The highest BCUT2D eigenvalue weighted by molar-refractivity contribution is 6.30. The molecular weight excluding hydrogens is 360 g/mol. The van der Waals surface area contributed by atoms with Gasteiger partial charge in [-0.15, -0.1) is 0 Å². The van der Waals surface area contributed by atoms with Gasteiger partial charge in [0.25, 0.3) is 5.91 Å². The number of pyridine rings is 1. The quantitative estimate of drug-likeness (QED) is 0.705. The summed E-state index contributed by atoms with van der Waals surface area (Å²) < 4.78 is 1.98. The first-order chi connectivity index (χ1) is 13.0. The van der Waals surface area contributed by atoms with Gasteiger partial charge in [0.2, 0.25) is 0 Å². The van der Waals surface area contributed by atoms with Crippen molar-refractivity contribution in [1.29, 1.82) is 0 Å². The third-order valence-corrected chi connectivity index (χ3v) is 5.65. The van der Waals surface area contributed by atoms with Gasteiger partial charge in [-0.25, -0.2) is 4.98 Å². The highest BCUT2D eigenvalue weighted by Gasteiger charge is 2.21. The molecular formula is C21H23ClN4O. The SMILES string of the molecule is CN(c1cccc(Cl)c1)c1ncc(C(=O)NCC2CCC2)c2c1ccn2C. The van der Waals surface area contributed by atoms with Crippen molar-refractivity contribution < 1.29 is 4.79 Å². The van der Waals surface area contributed by atoms with Crippen LogP contribution in [0.25, 0.3) is 10.9 Å². The van der Waals surface area contributed by atoms with Crippen molar-refractivity contribution >= 4 is 39.9 Å². The first-order valence-electron chi connectivity index (χ1n) is 9.26. The largest absolute Gasteiger partial charge is 0.352 e. The van der Waals surface area contributed by atoms with Crippen LogP contribution >= 0.6 is 11.6 Å². The van der Waals surface area contributed by atoms with Gasteiger partial charge < -0.3 is 14.8 Å². The Morgan fingerprint density at radius 1 is 1.37 bits per heavy atom. The summed E-state index contributed by atoms with van der Waals surface area (Å²) in [6, 6.07) is 9.65. The van der Waals surface area contributed by atoms with E-state index in [9.17, 15) is 4.79 Å².